The van der Waals surface area contributed by atoms with Crippen molar-refractivity contribution in [2.45, 2.75) is 38.0 Å². The molecule has 2 fully saturated rings. The molecular weight excluding hydrogens is 284 g/mol. The predicted octanol–water partition coefficient (Wildman–Crippen LogP) is 3.81. The second-order valence-electron chi connectivity index (χ2n) is 6.53. The summed E-state index contributed by atoms with van der Waals surface area (Å²) in [5.41, 5.74) is 2.28. The van der Waals surface area contributed by atoms with Crippen molar-refractivity contribution in [3.8, 4) is 5.75 Å². The fourth-order valence-electron chi connectivity index (χ4n) is 3.66. The van der Waals surface area contributed by atoms with E-state index in [4.69, 9.17) is 4.74 Å². The summed E-state index contributed by atoms with van der Waals surface area (Å²) in [5.74, 6) is 1.49. The number of fused-ring (bicyclic) bond motifs is 2. The molecule has 3 heteroatoms. The molecule has 3 unspecified atom stereocenters. The molecule has 2 bridgehead atoms. The van der Waals surface area contributed by atoms with Crippen LogP contribution >= 0.6 is 0 Å². The highest BCUT2D eigenvalue weighted by Crippen LogP contribution is 2.34. The Morgan fingerprint density at radius 1 is 1.17 bits per heavy atom. The van der Waals surface area contributed by atoms with E-state index >= 15 is 0 Å². The van der Waals surface area contributed by atoms with Gasteiger partial charge < -0.3 is 10.1 Å². The van der Waals surface area contributed by atoms with Gasteiger partial charge >= 0.3 is 0 Å². The Bertz CT molecular complexity index is 683. The number of aromatic nitrogens is 1. The molecule has 3 atom stereocenters. The molecule has 2 saturated heterocycles. The standard InChI is InChI=1S/C20H22N2O/c1-2-4-15(5-3-1)14-23-19-10-16(12-21-13-19)6-7-17-11-18-8-9-20(17)22-18/h1-7,10,12-13,17-18,20,22H,8-9,11,14H2/b7-6-. The summed E-state index contributed by atoms with van der Waals surface area (Å²) in [5, 5.41) is 3.67. The molecule has 1 aromatic carbocycles. The van der Waals surface area contributed by atoms with Crippen LogP contribution in [-0.4, -0.2) is 17.1 Å². The maximum absolute atomic E-state index is 5.85. The van der Waals surface area contributed by atoms with Crippen molar-refractivity contribution in [2.24, 2.45) is 5.92 Å². The van der Waals surface area contributed by atoms with Gasteiger partial charge in [-0.05, 0) is 42.4 Å². The first-order valence-corrected chi connectivity index (χ1v) is 8.43. The van der Waals surface area contributed by atoms with Crippen molar-refractivity contribution in [1.82, 2.24) is 10.3 Å². The van der Waals surface area contributed by atoms with Crippen molar-refractivity contribution >= 4 is 6.08 Å². The van der Waals surface area contributed by atoms with E-state index in [0.29, 0.717) is 18.6 Å². The van der Waals surface area contributed by atoms with Crippen LogP contribution in [-0.2, 0) is 6.61 Å². The van der Waals surface area contributed by atoms with Gasteiger partial charge in [-0.3, -0.25) is 4.98 Å². The van der Waals surface area contributed by atoms with Crippen molar-refractivity contribution in [3.63, 3.8) is 0 Å². The molecule has 1 aromatic heterocycles. The number of rotatable bonds is 5. The minimum atomic E-state index is 0.575. The molecule has 2 aliphatic heterocycles. The van der Waals surface area contributed by atoms with Crippen LogP contribution < -0.4 is 10.1 Å². The van der Waals surface area contributed by atoms with Crippen LogP contribution in [0.25, 0.3) is 6.08 Å². The van der Waals surface area contributed by atoms with E-state index in [-0.39, 0.29) is 0 Å². The second kappa shape index (κ2) is 6.55. The Kier molecular flexibility index (Phi) is 4.12. The van der Waals surface area contributed by atoms with Gasteiger partial charge in [0.05, 0.1) is 6.20 Å². The highest BCUT2D eigenvalue weighted by molar-refractivity contribution is 5.50. The highest BCUT2D eigenvalue weighted by Gasteiger charge is 2.37. The van der Waals surface area contributed by atoms with Crippen LogP contribution in [0.5, 0.6) is 5.75 Å². The number of nitrogens with zero attached hydrogens (tertiary/aromatic N) is 1. The first-order valence-electron chi connectivity index (χ1n) is 8.43. The largest absolute Gasteiger partial charge is 0.487 e. The number of hydrogen-bond donors (Lipinski definition) is 1. The van der Waals surface area contributed by atoms with Gasteiger partial charge in [-0.1, -0.05) is 42.5 Å². The van der Waals surface area contributed by atoms with Crippen LogP contribution in [0.15, 0.2) is 54.9 Å². The number of benzene rings is 1. The van der Waals surface area contributed by atoms with E-state index in [0.717, 1.165) is 17.4 Å². The fourth-order valence-corrected chi connectivity index (χ4v) is 3.66. The summed E-state index contributed by atoms with van der Waals surface area (Å²) in [6.07, 6.45) is 12.1. The van der Waals surface area contributed by atoms with Gasteiger partial charge in [0.1, 0.15) is 12.4 Å². The van der Waals surface area contributed by atoms with Crippen LogP contribution in [0.2, 0.25) is 0 Å². The average molecular weight is 306 g/mol. The summed E-state index contributed by atoms with van der Waals surface area (Å²) in [6.45, 7) is 0.575. The maximum Gasteiger partial charge on any atom is 0.138 e. The first-order chi connectivity index (χ1) is 11.4. The molecule has 0 radical (unpaired) electrons. The van der Waals surface area contributed by atoms with Gasteiger partial charge in [-0.25, -0.2) is 0 Å². The van der Waals surface area contributed by atoms with E-state index in [1.54, 1.807) is 6.20 Å². The molecule has 1 N–H and O–H groups in total. The topological polar surface area (TPSA) is 34.2 Å². The third-order valence-corrected chi connectivity index (χ3v) is 4.87. The normalized spacial score (nSPS) is 26.0. The van der Waals surface area contributed by atoms with Gasteiger partial charge in [-0.15, -0.1) is 0 Å². The number of pyridine rings is 1. The predicted molar refractivity (Wildman–Crippen MR) is 92.1 cm³/mol. The lowest BCUT2D eigenvalue weighted by atomic mass is 9.89. The third kappa shape index (κ3) is 3.45. The smallest absolute Gasteiger partial charge is 0.138 e. The Labute approximate surface area is 137 Å². The van der Waals surface area contributed by atoms with Gasteiger partial charge in [0, 0.05) is 18.3 Å². The molecular formula is C20H22N2O. The molecule has 23 heavy (non-hydrogen) atoms. The van der Waals surface area contributed by atoms with Crippen LogP contribution in [0.4, 0.5) is 0 Å². The molecule has 3 heterocycles. The molecule has 2 aliphatic rings. The first kappa shape index (κ1) is 14.5. The van der Waals surface area contributed by atoms with Crippen molar-refractivity contribution in [1.29, 1.82) is 0 Å². The zero-order valence-electron chi connectivity index (χ0n) is 13.2. The lowest BCUT2D eigenvalue weighted by Crippen LogP contribution is -2.21. The summed E-state index contributed by atoms with van der Waals surface area (Å²) in [4.78, 5) is 4.30. The highest BCUT2D eigenvalue weighted by atomic mass is 16.5. The maximum atomic E-state index is 5.85. The van der Waals surface area contributed by atoms with Gasteiger partial charge in [0.2, 0.25) is 0 Å². The average Bonchev–Trinajstić information content (AvgIpc) is 3.23. The zero-order chi connectivity index (χ0) is 15.5. The Morgan fingerprint density at radius 2 is 2.09 bits per heavy atom. The van der Waals surface area contributed by atoms with Gasteiger partial charge in [-0.2, -0.15) is 0 Å². The summed E-state index contributed by atoms with van der Waals surface area (Å²) in [7, 11) is 0. The van der Waals surface area contributed by atoms with E-state index < -0.39 is 0 Å². The summed E-state index contributed by atoms with van der Waals surface area (Å²) < 4.78 is 5.85. The van der Waals surface area contributed by atoms with E-state index in [1.165, 1.54) is 24.8 Å². The second-order valence-corrected chi connectivity index (χ2v) is 6.53. The van der Waals surface area contributed by atoms with Crippen molar-refractivity contribution in [3.05, 3.63) is 66.0 Å². The summed E-state index contributed by atoms with van der Waals surface area (Å²) in [6, 6.07) is 13.7. The summed E-state index contributed by atoms with van der Waals surface area (Å²) >= 11 is 0. The Hall–Kier alpha value is -2.13. The lowest BCUT2D eigenvalue weighted by Gasteiger charge is -2.15. The molecule has 0 saturated carbocycles. The SMILES string of the molecule is C(=C/C1CC2CCC1N2)/c1cncc(OCc2ccccc2)c1. The molecule has 3 nitrogen and oxygen atoms in total. The van der Waals surface area contributed by atoms with Gasteiger partial charge in [0.15, 0.2) is 0 Å². The molecule has 0 spiro atoms. The molecule has 2 aromatic rings. The number of ether oxygens (including phenoxy) is 1. The minimum Gasteiger partial charge on any atom is -0.487 e. The van der Waals surface area contributed by atoms with Crippen molar-refractivity contribution < 1.29 is 4.74 Å². The quantitative estimate of drug-likeness (QED) is 0.912. The monoisotopic (exact) mass is 306 g/mol. The number of nitrogens with one attached hydrogen (secondary N) is 1. The molecule has 0 amide bonds. The van der Waals surface area contributed by atoms with E-state index in [1.807, 2.05) is 24.4 Å². The molecule has 0 aliphatic carbocycles. The fraction of sp³-hybridized carbons (Fsp3) is 0.350. The van der Waals surface area contributed by atoms with Crippen molar-refractivity contribution in [2.75, 3.05) is 0 Å². The molecule has 118 valence electrons. The van der Waals surface area contributed by atoms with Crippen LogP contribution in [0.1, 0.15) is 30.4 Å². The van der Waals surface area contributed by atoms with Gasteiger partial charge in [0.25, 0.3) is 0 Å². The minimum absolute atomic E-state index is 0.575. The van der Waals surface area contributed by atoms with E-state index in [2.05, 4.69) is 40.7 Å². The zero-order valence-corrected chi connectivity index (χ0v) is 13.2. The Morgan fingerprint density at radius 3 is 2.87 bits per heavy atom. The van der Waals surface area contributed by atoms with Crippen LogP contribution in [0, 0.1) is 5.92 Å². The van der Waals surface area contributed by atoms with E-state index in [9.17, 15) is 0 Å². The Balaban J connectivity index is 1.38. The number of hydrogen-bond acceptors (Lipinski definition) is 3. The third-order valence-electron chi connectivity index (χ3n) is 4.87. The van der Waals surface area contributed by atoms with Crippen LogP contribution in [0.3, 0.4) is 0 Å². The molecule has 4 rings (SSSR count). The lowest BCUT2D eigenvalue weighted by molar-refractivity contribution is 0.305.